The third-order valence-electron chi connectivity index (χ3n) is 2.08. The van der Waals surface area contributed by atoms with Gasteiger partial charge < -0.3 is 5.11 Å². The van der Waals surface area contributed by atoms with Crippen LogP contribution in [-0.4, -0.2) is 23.1 Å². The third kappa shape index (κ3) is 2.84. The Hall–Kier alpha value is -1.50. The van der Waals surface area contributed by atoms with Crippen LogP contribution in [0.25, 0.3) is 6.08 Å². The highest BCUT2D eigenvalue weighted by Gasteiger charge is 2.70. The molecular weight excluding hydrogens is 262 g/mol. The van der Waals surface area contributed by atoms with E-state index in [0.717, 1.165) is 0 Å². The molecule has 0 aromatic heterocycles. The number of hydrogen-bond acceptors (Lipinski definition) is 1. The molecule has 0 aliphatic heterocycles. The summed E-state index contributed by atoms with van der Waals surface area (Å²) in [5.74, 6) is -11.1. The second-order valence-electron chi connectivity index (χ2n) is 3.48. The Morgan fingerprint density at radius 3 is 1.83 bits per heavy atom. The van der Waals surface area contributed by atoms with Gasteiger partial charge in [0.1, 0.15) is 0 Å². The fraction of sp³-hybridized carbons (Fsp3) is 0.273. The number of alkyl halides is 6. The van der Waals surface area contributed by atoms with Crippen molar-refractivity contribution in [2.24, 2.45) is 0 Å². The van der Waals surface area contributed by atoms with E-state index in [-0.39, 0.29) is 11.6 Å². The Morgan fingerprint density at radius 1 is 0.889 bits per heavy atom. The SMILES string of the molecule is OC(F)(F)C(F)(F)C(F)(F)C=Cc1ccccc1. The standard InChI is InChI=1S/C11H8F6O/c12-9(13,10(14,15)11(16,17)18)7-6-8-4-2-1-3-5-8/h1-7,18H. The molecule has 0 atom stereocenters. The van der Waals surface area contributed by atoms with Gasteiger partial charge >= 0.3 is 18.0 Å². The first-order valence-electron chi connectivity index (χ1n) is 4.68. The molecule has 100 valence electrons. The Kier molecular flexibility index (Phi) is 3.75. The molecule has 7 heteroatoms. The highest BCUT2D eigenvalue weighted by Crippen LogP contribution is 2.45. The molecule has 0 aliphatic carbocycles. The van der Waals surface area contributed by atoms with Crippen LogP contribution in [0.5, 0.6) is 0 Å². The minimum Gasteiger partial charge on any atom is -0.331 e. The first kappa shape index (κ1) is 14.6. The summed E-state index contributed by atoms with van der Waals surface area (Å²) < 4.78 is 75.1. The number of rotatable bonds is 4. The van der Waals surface area contributed by atoms with Gasteiger partial charge in [-0.25, -0.2) is 0 Å². The summed E-state index contributed by atoms with van der Waals surface area (Å²) in [7, 11) is 0. The minimum atomic E-state index is -5.88. The maximum atomic E-state index is 12.9. The average Bonchev–Trinajstić information content (AvgIpc) is 2.26. The molecule has 1 aromatic carbocycles. The van der Waals surface area contributed by atoms with Gasteiger partial charge in [0.15, 0.2) is 0 Å². The van der Waals surface area contributed by atoms with Gasteiger partial charge in [0.05, 0.1) is 0 Å². The van der Waals surface area contributed by atoms with Crippen molar-refractivity contribution >= 4 is 6.08 Å². The van der Waals surface area contributed by atoms with E-state index in [1.54, 1.807) is 6.07 Å². The average molecular weight is 270 g/mol. The van der Waals surface area contributed by atoms with E-state index in [1.807, 2.05) is 0 Å². The van der Waals surface area contributed by atoms with Gasteiger partial charge in [-0.05, 0) is 11.6 Å². The number of allylic oxidation sites excluding steroid dienone is 1. The van der Waals surface area contributed by atoms with E-state index in [4.69, 9.17) is 5.11 Å². The molecule has 0 bridgehead atoms. The topological polar surface area (TPSA) is 20.2 Å². The molecule has 1 N–H and O–H groups in total. The normalized spacial score (nSPS) is 14.2. The van der Waals surface area contributed by atoms with Crippen LogP contribution in [0, 0.1) is 0 Å². The maximum absolute atomic E-state index is 12.9. The van der Waals surface area contributed by atoms with E-state index in [1.165, 1.54) is 24.3 Å². The van der Waals surface area contributed by atoms with Crippen LogP contribution in [-0.2, 0) is 0 Å². The van der Waals surface area contributed by atoms with Gasteiger partial charge in [-0.15, -0.1) is 0 Å². The van der Waals surface area contributed by atoms with Gasteiger partial charge in [-0.1, -0.05) is 36.4 Å². The molecule has 0 saturated carbocycles. The lowest BCUT2D eigenvalue weighted by atomic mass is 10.1. The number of aliphatic hydroxyl groups is 1. The fourth-order valence-corrected chi connectivity index (χ4v) is 1.07. The van der Waals surface area contributed by atoms with Crippen LogP contribution in [0.1, 0.15) is 5.56 Å². The van der Waals surface area contributed by atoms with Crippen molar-refractivity contribution in [1.29, 1.82) is 0 Å². The Morgan fingerprint density at radius 2 is 1.39 bits per heavy atom. The van der Waals surface area contributed by atoms with E-state index in [2.05, 4.69) is 0 Å². The predicted octanol–water partition coefficient (Wildman–Crippen LogP) is 3.56. The molecule has 0 fully saturated rings. The third-order valence-corrected chi connectivity index (χ3v) is 2.08. The zero-order valence-electron chi connectivity index (χ0n) is 8.76. The smallest absolute Gasteiger partial charge is 0.331 e. The summed E-state index contributed by atoms with van der Waals surface area (Å²) >= 11 is 0. The van der Waals surface area contributed by atoms with Crippen molar-refractivity contribution in [3.05, 3.63) is 42.0 Å². The van der Waals surface area contributed by atoms with Crippen LogP contribution in [0.15, 0.2) is 36.4 Å². The molecule has 18 heavy (non-hydrogen) atoms. The summed E-state index contributed by atoms with van der Waals surface area (Å²) in [6.07, 6.45) is -5.61. The van der Waals surface area contributed by atoms with E-state index >= 15 is 0 Å². The summed E-state index contributed by atoms with van der Waals surface area (Å²) in [6, 6.07) is 7.11. The summed E-state index contributed by atoms with van der Waals surface area (Å²) in [5, 5.41) is 7.78. The monoisotopic (exact) mass is 270 g/mol. The molecule has 1 nitrogen and oxygen atoms in total. The quantitative estimate of drug-likeness (QED) is 0.829. The van der Waals surface area contributed by atoms with Crippen molar-refractivity contribution in [2.75, 3.05) is 0 Å². The highest BCUT2D eigenvalue weighted by molar-refractivity contribution is 5.50. The second-order valence-corrected chi connectivity index (χ2v) is 3.48. The first-order chi connectivity index (χ1) is 8.08. The van der Waals surface area contributed by atoms with Gasteiger partial charge in [0.2, 0.25) is 0 Å². The zero-order valence-corrected chi connectivity index (χ0v) is 8.76. The van der Waals surface area contributed by atoms with Crippen molar-refractivity contribution in [3.63, 3.8) is 0 Å². The minimum absolute atomic E-state index is 0.134. The lowest BCUT2D eigenvalue weighted by Gasteiger charge is -2.27. The molecule has 0 unspecified atom stereocenters. The zero-order chi connectivity index (χ0) is 14.0. The van der Waals surface area contributed by atoms with Crippen LogP contribution in [0.4, 0.5) is 26.3 Å². The number of benzene rings is 1. The second kappa shape index (κ2) is 4.64. The molecule has 0 radical (unpaired) electrons. The Balaban J connectivity index is 2.98. The number of halogens is 6. The van der Waals surface area contributed by atoms with Crippen molar-refractivity contribution in [2.45, 2.75) is 18.0 Å². The Labute approximate surface area is 98.4 Å². The van der Waals surface area contributed by atoms with Crippen molar-refractivity contribution in [1.82, 2.24) is 0 Å². The van der Waals surface area contributed by atoms with E-state index < -0.39 is 18.0 Å². The molecule has 0 saturated heterocycles. The molecule has 0 spiro atoms. The molecule has 1 rings (SSSR count). The van der Waals surface area contributed by atoms with Crippen LogP contribution in [0.3, 0.4) is 0 Å². The van der Waals surface area contributed by atoms with Crippen LogP contribution in [0.2, 0.25) is 0 Å². The molecule has 0 heterocycles. The summed E-state index contributed by atoms with van der Waals surface area (Å²) in [5.41, 5.74) is 0.134. The first-order valence-corrected chi connectivity index (χ1v) is 4.68. The number of hydrogen-bond donors (Lipinski definition) is 1. The molecule has 0 amide bonds. The van der Waals surface area contributed by atoms with Crippen LogP contribution < -0.4 is 0 Å². The van der Waals surface area contributed by atoms with Gasteiger partial charge in [0, 0.05) is 0 Å². The molecule has 0 aliphatic rings. The van der Waals surface area contributed by atoms with Gasteiger partial charge in [0.25, 0.3) is 0 Å². The maximum Gasteiger partial charge on any atom is 0.423 e. The van der Waals surface area contributed by atoms with Crippen molar-refractivity contribution in [3.8, 4) is 0 Å². The summed E-state index contributed by atoms with van der Waals surface area (Å²) in [4.78, 5) is 0. The van der Waals surface area contributed by atoms with E-state index in [0.29, 0.717) is 6.08 Å². The van der Waals surface area contributed by atoms with Gasteiger partial charge in [-0.3, -0.25) is 0 Å². The highest BCUT2D eigenvalue weighted by atomic mass is 19.3. The molecule has 1 aromatic rings. The fourth-order valence-electron chi connectivity index (χ4n) is 1.07. The Bertz CT molecular complexity index is 421. The largest absolute Gasteiger partial charge is 0.423 e. The lowest BCUT2D eigenvalue weighted by molar-refractivity contribution is -0.373. The predicted molar refractivity (Wildman–Crippen MR) is 52.5 cm³/mol. The summed E-state index contributed by atoms with van der Waals surface area (Å²) in [6.45, 7) is 0. The van der Waals surface area contributed by atoms with Crippen molar-refractivity contribution < 1.29 is 31.4 Å². The van der Waals surface area contributed by atoms with E-state index in [9.17, 15) is 26.3 Å². The van der Waals surface area contributed by atoms with Crippen LogP contribution >= 0.6 is 0 Å². The lowest BCUT2D eigenvalue weighted by Crippen LogP contribution is -2.53. The molecular formula is C11H8F6O. The van der Waals surface area contributed by atoms with Gasteiger partial charge in [-0.2, -0.15) is 26.3 Å².